The lowest BCUT2D eigenvalue weighted by Crippen LogP contribution is -2.48. The number of nitrogens with one attached hydrogen (secondary N) is 2. The third-order valence-electron chi connectivity index (χ3n) is 4.47. The highest BCUT2D eigenvalue weighted by Crippen LogP contribution is 2.28. The molecule has 172 valence electrons. The highest BCUT2D eigenvalue weighted by Gasteiger charge is 2.25. The Labute approximate surface area is 188 Å². The maximum atomic E-state index is 13.9. The molecule has 0 aliphatic carbocycles. The van der Waals surface area contributed by atoms with Crippen LogP contribution in [0.4, 0.5) is 4.39 Å². The fourth-order valence-electron chi connectivity index (χ4n) is 2.84. The summed E-state index contributed by atoms with van der Waals surface area (Å²) >= 11 is 0. The molecule has 0 aromatic heterocycles. The van der Waals surface area contributed by atoms with Gasteiger partial charge < -0.3 is 14.8 Å². The number of amides is 2. The standard InChI is InChI=1S/C24H30FN3O4/c1-5-13-32-20-12-11-17(14-21(20)31-6-2)15-26-28-24(30)22(16(3)4)27-23(29)18-9-7-8-10-19(18)25/h7-12,14-16,22H,5-6,13H2,1-4H3,(H,27,29)(H,28,30). The molecule has 0 radical (unpaired) electrons. The highest BCUT2D eigenvalue weighted by atomic mass is 19.1. The summed E-state index contributed by atoms with van der Waals surface area (Å²) in [7, 11) is 0. The third kappa shape index (κ3) is 7.08. The number of rotatable bonds is 11. The molecular formula is C24H30FN3O4. The first kappa shape index (κ1) is 24.8. The van der Waals surface area contributed by atoms with Gasteiger partial charge in [-0.3, -0.25) is 9.59 Å². The first-order valence-electron chi connectivity index (χ1n) is 10.6. The van der Waals surface area contributed by atoms with Crippen molar-refractivity contribution in [3.63, 3.8) is 0 Å². The number of hydrazone groups is 1. The number of ether oxygens (including phenoxy) is 2. The average Bonchev–Trinajstić information content (AvgIpc) is 2.77. The van der Waals surface area contributed by atoms with Gasteiger partial charge in [-0.05, 0) is 55.2 Å². The van der Waals surface area contributed by atoms with Gasteiger partial charge >= 0.3 is 0 Å². The van der Waals surface area contributed by atoms with Gasteiger partial charge in [-0.1, -0.05) is 32.9 Å². The zero-order valence-corrected chi connectivity index (χ0v) is 18.9. The minimum absolute atomic E-state index is 0.122. The van der Waals surface area contributed by atoms with Crippen molar-refractivity contribution in [3.05, 3.63) is 59.4 Å². The predicted octanol–water partition coefficient (Wildman–Crippen LogP) is 3.92. The highest BCUT2D eigenvalue weighted by molar-refractivity contribution is 5.98. The first-order chi connectivity index (χ1) is 15.4. The van der Waals surface area contributed by atoms with Crippen LogP contribution in [0.1, 0.15) is 50.0 Å². The van der Waals surface area contributed by atoms with Gasteiger partial charge in [0.25, 0.3) is 11.8 Å². The molecule has 2 N–H and O–H groups in total. The molecule has 7 nitrogen and oxygen atoms in total. The van der Waals surface area contributed by atoms with Gasteiger partial charge in [-0.25, -0.2) is 9.82 Å². The second kappa shape index (κ2) is 12.4. The minimum Gasteiger partial charge on any atom is -0.490 e. The molecule has 1 unspecified atom stereocenters. The Hall–Kier alpha value is -3.42. The van der Waals surface area contributed by atoms with Crippen molar-refractivity contribution in [1.82, 2.24) is 10.7 Å². The number of benzene rings is 2. The van der Waals surface area contributed by atoms with Crippen LogP contribution in [0.3, 0.4) is 0 Å². The molecule has 0 bridgehead atoms. The van der Waals surface area contributed by atoms with Crippen LogP contribution in [-0.2, 0) is 4.79 Å². The van der Waals surface area contributed by atoms with Crippen LogP contribution in [0.25, 0.3) is 0 Å². The molecule has 0 heterocycles. The molecule has 0 aliphatic heterocycles. The van der Waals surface area contributed by atoms with E-state index < -0.39 is 23.7 Å². The molecule has 1 atom stereocenters. The number of hydrogen-bond donors (Lipinski definition) is 2. The van der Waals surface area contributed by atoms with Gasteiger partial charge in [-0.15, -0.1) is 0 Å². The van der Waals surface area contributed by atoms with Crippen molar-refractivity contribution >= 4 is 18.0 Å². The SMILES string of the molecule is CCCOc1ccc(C=NNC(=O)C(NC(=O)c2ccccc2F)C(C)C)cc1OCC. The van der Waals surface area contributed by atoms with Crippen molar-refractivity contribution in [2.45, 2.75) is 40.2 Å². The van der Waals surface area contributed by atoms with E-state index in [4.69, 9.17) is 9.47 Å². The van der Waals surface area contributed by atoms with Gasteiger partial charge in [0, 0.05) is 0 Å². The van der Waals surface area contributed by atoms with E-state index in [2.05, 4.69) is 15.8 Å². The lowest BCUT2D eigenvalue weighted by atomic mass is 10.0. The van der Waals surface area contributed by atoms with E-state index in [0.29, 0.717) is 30.3 Å². The van der Waals surface area contributed by atoms with Crippen molar-refractivity contribution in [2.24, 2.45) is 11.0 Å². The van der Waals surface area contributed by atoms with E-state index in [1.165, 1.54) is 24.4 Å². The van der Waals surface area contributed by atoms with Gasteiger partial charge in [0.15, 0.2) is 11.5 Å². The Morgan fingerprint density at radius 1 is 1.09 bits per heavy atom. The number of halogens is 1. The summed E-state index contributed by atoms with van der Waals surface area (Å²) in [6.45, 7) is 8.52. The van der Waals surface area contributed by atoms with Crippen LogP contribution in [0.5, 0.6) is 11.5 Å². The van der Waals surface area contributed by atoms with E-state index in [1.807, 2.05) is 13.8 Å². The molecule has 8 heteroatoms. The van der Waals surface area contributed by atoms with Crippen LogP contribution in [0.2, 0.25) is 0 Å². The normalized spacial score (nSPS) is 11.9. The van der Waals surface area contributed by atoms with Gasteiger partial charge in [0.2, 0.25) is 0 Å². The second-order valence-corrected chi connectivity index (χ2v) is 7.40. The van der Waals surface area contributed by atoms with Crippen LogP contribution in [-0.4, -0.2) is 37.3 Å². The fraction of sp³-hybridized carbons (Fsp3) is 0.375. The Balaban J connectivity index is 2.05. The number of hydrogen-bond acceptors (Lipinski definition) is 5. The molecule has 2 amide bonds. The molecule has 2 aromatic carbocycles. The van der Waals surface area contributed by atoms with Gasteiger partial charge in [0.1, 0.15) is 11.9 Å². The Bertz CT molecular complexity index is 947. The molecule has 2 rings (SSSR count). The lowest BCUT2D eigenvalue weighted by molar-refractivity contribution is -0.123. The number of carbonyl (C=O) groups excluding carboxylic acids is 2. The summed E-state index contributed by atoms with van der Waals surface area (Å²) in [5, 5.41) is 6.56. The van der Waals surface area contributed by atoms with E-state index in [-0.39, 0.29) is 11.5 Å². The molecule has 0 saturated carbocycles. The maximum Gasteiger partial charge on any atom is 0.262 e. The Kier molecular flexibility index (Phi) is 9.66. The monoisotopic (exact) mass is 443 g/mol. The fourth-order valence-corrected chi connectivity index (χ4v) is 2.84. The topological polar surface area (TPSA) is 89.0 Å². The zero-order chi connectivity index (χ0) is 23.5. The van der Waals surface area contributed by atoms with Gasteiger partial charge in [-0.2, -0.15) is 5.10 Å². The Morgan fingerprint density at radius 2 is 1.84 bits per heavy atom. The molecule has 0 spiro atoms. The predicted molar refractivity (Wildman–Crippen MR) is 122 cm³/mol. The molecule has 2 aromatic rings. The quantitative estimate of drug-likeness (QED) is 0.407. The van der Waals surface area contributed by atoms with E-state index in [0.717, 1.165) is 6.42 Å². The molecule has 0 aliphatic rings. The maximum absolute atomic E-state index is 13.9. The summed E-state index contributed by atoms with van der Waals surface area (Å²) in [4.78, 5) is 25.0. The first-order valence-corrected chi connectivity index (χ1v) is 10.6. The van der Waals surface area contributed by atoms with Crippen molar-refractivity contribution in [1.29, 1.82) is 0 Å². The van der Waals surface area contributed by atoms with Crippen LogP contribution < -0.4 is 20.2 Å². The zero-order valence-electron chi connectivity index (χ0n) is 18.9. The molecule has 0 fully saturated rings. The van der Waals surface area contributed by atoms with Crippen LogP contribution in [0, 0.1) is 11.7 Å². The van der Waals surface area contributed by atoms with E-state index >= 15 is 0 Å². The minimum atomic E-state index is -0.886. The molecule has 0 saturated heterocycles. The second-order valence-electron chi connectivity index (χ2n) is 7.40. The van der Waals surface area contributed by atoms with Crippen LogP contribution >= 0.6 is 0 Å². The summed E-state index contributed by atoms with van der Waals surface area (Å²) in [5.74, 6) is -0.819. The van der Waals surface area contributed by atoms with E-state index in [9.17, 15) is 14.0 Å². The largest absolute Gasteiger partial charge is 0.490 e. The summed E-state index contributed by atoms with van der Waals surface area (Å²) in [5.41, 5.74) is 3.02. The van der Waals surface area contributed by atoms with Crippen molar-refractivity contribution in [3.8, 4) is 11.5 Å². The van der Waals surface area contributed by atoms with Gasteiger partial charge in [0.05, 0.1) is 25.0 Å². The summed E-state index contributed by atoms with van der Waals surface area (Å²) < 4.78 is 25.1. The number of nitrogens with zero attached hydrogens (tertiary/aromatic N) is 1. The lowest BCUT2D eigenvalue weighted by Gasteiger charge is -2.20. The molecular weight excluding hydrogens is 413 g/mol. The van der Waals surface area contributed by atoms with Crippen LogP contribution in [0.15, 0.2) is 47.6 Å². The third-order valence-corrected chi connectivity index (χ3v) is 4.47. The van der Waals surface area contributed by atoms with E-state index in [1.54, 1.807) is 38.1 Å². The van der Waals surface area contributed by atoms with Crippen molar-refractivity contribution < 1.29 is 23.5 Å². The van der Waals surface area contributed by atoms with Crippen molar-refractivity contribution in [2.75, 3.05) is 13.2 Å². The summed E-state index contributed by atoms with van der Waals surface area (Å²) in [6, 6.07) is 10.1. The Morgan fingerprint density at radius 3 is 2.50 bits per heavy atom. The molecule has 32 heavy (non-hydrogen) atoms. The number of carbonyl (C=O) groups is 2. The average molecular weight is 444 g/mol. The summed E-state index contributed by atoms with van der Waals surface area (Å²) in [6.07, 6.45) is 2.35. The smallest absolute Gasteiger partial charge is 0.262 e.